The van der Waals surface area contributed by atoms with Crippen molar-refractivity contribution in [1.82, 2.24) is 5.32 Å². The van der Waals surface area contributed by atoms with Gasteiger partial charge in [0.1, 0.15) is 18.5 Å². The molecule has 1 atom stereocenters. The van der Waals surface area contributed by atoms with E-state index in [1.807, 2.05) is 32.9 Å². The molecule has 0 bridgehead atoms. The predicted molar refractivity (Wildman–Crippen MR) is 73.7 cm³/mol. The lowest BCUT2D eigenvalue weighted by Crippen LogP contribution is -2.31. The van der Waals surface area contributed by atoms with Gasteiger partial charge in [0.05, 0.1) is 0 Å². The molecule has 1 aromatic carbocycles. The van der Waals surface area contributed by atoms with Crippen molar-refractivity contribution in [3.05, 3.63) is 27.7 Å². The minimum absolute atomic E-state index is 0.313. The van der Waals surface area contributed by atoms with Gasteiger partial charge in [-0.1, -0.05) is 22.9 Å². The Kier molecular flexibility index (Phi) is 5.95. The van der Waals surface area contributed by atoms with Gasteiger partial charge < -0.3 is 15.2 Å². The van der Waals surface area contributed by atoms with Crippen molar-refractivity contribution in [2.24, 2.45) is 0 Å². The average molecular weight is 302 g/mol. The van der Waals surface area contributed by atoms with Crippen LogP contribution in [0.5, 0.6) is 5.75 Å². The van der Waals surface area contributed by atoms with Crippen molar-refractivity contribution in [1.29, 1.82) is 0 Å². The SMILES string of the molecule is CCNCC(O)COc1cc(C)c(Br)c(C)c1. The van der Waals surface area contributed by atoms with E-state index in [9.17, 15) is 5.11 Å². The topological polar surface area (TPSA) is 41.5 Å². The first-order chi connectivity index (χ1) is 8.04. The third kappa shape index (κ3) is 4.66. The number of likely N-dealkylation sites (N-methyl/N-ethyl adjacent to an activating group) is 1. The molecular weight excluding hydrogens is 282 g/mol. The average Bonchev–Trinajstić information content (AvgIpc) is 2.30. The Morgan fingerprint density at radius 1 is 1.35 bits per heavy atom. The molecule has 0 amide bonds. The largest absolute Gasteiger partial charge is 0.491 e. The summed E-state index contributed by atoms with van der Waals surface area (Å²) in [6.45, 7) is 7.79. The Labute approximate surface area is 111 Å². The molecule has 96 valence electrons. The second-order valence-corrected chi connectivity index (χ2v) is 4.94. The Balaban J connectivity index is 2.52. The van der Waals surface area contributed by atoms with E-state index in [2.05, 4.69) is 21.2 Å². The molecule has 0 spiro atoms. The highest BCUT2D eigenvalue weighted by molar-refractivity contribution is 9.10. The fourth-order valence-electron chi connectivity index (χ4n) is 1.55. The number of hydrogen-bond donors (Lipinski definition) is 2. The van der Waals surface area contributed by atoms with E-state index in [-0.39, 0.29) is 0 Å². The molecule has 0 saturated heterocycles. The van der Waals surface area contributed by atoms with E-state index in [1.54, 1.807) is 0 Å². The predicted octanol–water partition coefficient (Wildman–Crippen LogP) is 2.42. The molecule has 1 aromatic rings. The molecule has 1 unspecified atom stereocenters. The van der Waals surface area contributed by atoms with Gasteiger partial charge in [-0.05, 0) is 43.7 Å². The van der Waals surface area contributed by atoms with Crippen LogP contribution < -0.4 is 10.1 Å². The maximum Gasteiger partial charge on any atom is 0.120 e. The van der Waals surface area contributed by atoms with Gasteiger partial charge in [-0.3, -0.25) is 0 Å². The van der Waals surface area contributed by atoms with Gasteiger partial charge in [-0.25, -0.2) is 0 Å². The summed E-state index contributed by atoms with van der Waals surface area (Å²) < 4.78 is 6.68. The number of aryl methyl sites for hydroxylation is 2. The molecule has 17 heavy (non-hydrogen) atoms. The van der Waals surface area contributed by atoms with E-state index in [1.165, 1.54) is 0 Å². The molecule has 2 N–H and O–H groups in total. The number of nitrogens with one attached hydrogen (secondary N) is 1. The lowest BCUT2D eigenvalue weighted by Gasteiger charge is -2.14. The Hall–Kier alpha value is -0.580. The summed E-state index contributed by atoms with van der Waals surface area (Å²) in [7, 11) is 0. The van der Waals surface area contributed by atoms with Crippen molar-refractivity contribution in [2.45, 2.75) is 26.9 Å². The van der Waals surface area contributed by atoms with Crippen molar-refractivity contribution in [3.63, 3.8) is 0 Å². The zero-order chi connectivity index (χ0) is 12.8. The fraction of sp³-hybridized carbons (Fsp3) is 0.538. The molecule has 0 fully saturated rings. The molecule has 4 heteroatoms. The number of benzene rings is 1. The van der Waals surface area contributed by atoms with E-state index in [0.29, 0.717) is 13.2 Å². The first-order valence-corrected chi connectivity index (χ1v) is 6.62. The van der Waals surface area contributed by atoms with Crippen molar-refractivity contribution >= 4 is 15.9 Å². The van der Waals surface area contributed by atoms with E-state index < -0.39 is 6.10 Å². The van der Waals surface area contributed by atoms with Crippen LogP contribution in [-0.2, 0) is 0 Å². The minimum Gasteiger partial charge on any atom is -0.491 e. The summed E-state index contributed by atoms with van der Waals surface area (Å²) in [5.74, 6) is 0.804. The van der Waals surface area contributed by atoms with Crippen LogP contribution >= 0.6 is 15.9 Å². The number of rotatable bonds is 6. The number of ether oxygens (including phenoxy) is 1. The molecule has 0 aliphatic carbocycles. The quantitative estimate of drug-likeness (QED) is 0.848. The summed E-state index contributed by atoms with van der Waals surface area (Å²) in [5.41, 5.74) is 2.28. The highest BCUT2D eigenvalue weighted by Gasteiger charge is 2.06. The Bertz CT molecular complexity index is 345. The van der Waals surface area contributed by atoms with Gasteiger partial charge >= 0.3 is 0 Å². The van der Waals surface area contributed by atoms with Gasteiger partial charge in [-0.2, -0.15) is 0 Å². The molecule has 0 aliphatic heterocycles. The summed E-state index contributed by atoms with van der Waals surface area (Å²) >= 11 is 3.51. The summed E-state index contributed by atoms with van der Waals surface area (Å²) in [6, 6.07) is 3.94. The van der Waals surface area contributed by atoms with Crippen LogP contribution in [0.1, 0.15) is 18.1 Å². The van der Waals surface area contributed by atoms with Crippen LogP contribution in [0.2, 0.25) is 0 Å². The number of aliphatic hydroxyl groups excluding tert-OH is 1. The molecular formula is C13H20BrNO2. The molecule has 1 rings (SSSR count). The Morgan fingerprint density at radius 2 is 1.94 bits per heavy atom. The van der Waals surface area contributed by atoms with Gasteiger partial charge in [0.25, 0.3) is 0 Å². The van der Waals surface area contributed by atoms with Crippen molar-refractivity contribution < 1.29 is 9.84 Å². The van der Waals surface area contributed by atoms with Crippen LogP contribution in [0.4, 0.5) is 0 Å². The maximum atomic E-state index is 9.64. The molecule has 0 aliphatic rings. The third-order valence-electron chi connectivity index (χ3n) is 2.48. The van der Waals surface area contributed by atoms with E-state index in [4.69, 9.17) is 4.74 Å². The smallest absolute Gasteiger partial charge is 0.120 e. The van der Waals surface area contributed by atoms with Crippen LogP contribution in [0, 0.1) is 13.8 Å². The zero-order valence-corrected chi connectivity index (χ0v) is 12.2. The highest BCUT2D eigenvalue weighted by atomic mass is 79.9. The van der Waals surface area contributed by atoms with Crippen molar-refractivity contribution in [2.75, 3.05) is 19.7 Å². The normalized spacial score (nSPS) is 12.5. The number of hydrogen-bond acceptors (Lipinski definition) is 3. The molecule has 0 radical (unpaired) electrons. The zero-order valence-electron chi connectivity index (χ0n) is 10.6. The third-order valence-corrected chi connectivity index (χ3v) is 3.73. The standard InChI is InChI=1S/C13H20BrNO2/c1-4-15-7-11(16)8-17-12-5-9(2)13(14)10(3)6-12/h5-6,11,15-16H,4,7-8H2,1-3H3. The first kappa shape index (κ1) is 14.5. The summed E-state index contributed by atoms with van der Waals surface area (Å²) in [6.07, 6.45) is -0.473. The van der Waals surface area contributed by atoms with Gasteiger partial charge in [0.2, 0.25) is 0 Å². The fourth-order valence-corrected chi connectivity index (χ4v) is 1.78. The molecule has 0 heterocycles. The van der Waals surface area contributed by atoms with Crippen LogP contribution in [0.15, 0.2) is 16.6 Å². The number of aliphatic hydroxyl groups is 1. The minimum atomic E-state index is -0.473. The second-order valence-electron chi connectivity index (χ2n) is 4.14. The van der Waals surface area contributed by atoms with Gasteiger partial charge in [0.15, 0.2) is 0 Å². The lowest BCUT2D eigenvalue weighted by molar-refractivity contribution is 0.107. The summed E-state index contributed by atoms with van der Waals surface area (Å²) in [5, 5.41) is 12.7. The van der Waals surface area contributed by atoms with E-state index in [0.717, 1.165) is 27.9 Å². The number of halogens is 1. The highest BCUT2D eigenvalue weighted by Crippen LogP contribution is 2.26. The van der Waals surface area contributed by atoms with Gasteiger partial charge in [-0.15, -0.1) is 0 Å². The van der Waals surface area contributed by atoms with Crippen molar-refractivity contribution in [3.8, 4) is 5.75 Å². The molecule has 0 aromatic heterocycles. The van der Waals surface area contributed by atoms with E-state index >= 15 is 0 Å². The molecule has 3 nitrogen and oxygen atoms in total. The monoisotopic (exact) mass is 301 g/mol. The molecule has 0 saturated carbocycles. The van der Waals surface area contributed by atoms with Crippen LogP contribution in [0.3, 0.4) is 0 Å². The lowest BCUT2D eigenvalue weighted by atomic mass is 10.1. The maximum absolute atomic E-state index is 9.64. The van der Waals surface area contributed by atoms with Gasteiger partial charge in [0, 0.05) is 11.0 Å². The Morgan fingerprint density at radius 3 is 2.47 bits per heavy atom. The van der Waals surface area contributed by atoms with Crippen LogP contribution in [-0.4, -0.2) is 30.9 Å². The van der Waals surface area contributed by atoms with Crippen LogP contribution in [0.25, 0.3) is 0 Å². The summed E-state index contributed by atoms with van der Waals surface area (Å²) in [4.78, 5) is 0. The first-order valence-electron chi connectivity index (χ1n) is 5.83. The second kappa shape index (κ2) is 6.99.